The predicted molar refractivity (Wildman–Crippen MR) is 114 cm³/mol. The van der Waals surface area contributed by atoms with Gasteiger partial charge in [0.15, 0.2) is 0 Å². The van der Waals surface area contributed by atoms with Gasteiger partial charge in [-0.2, -0.15) is 0 Å². The Morgan fingerprint density at radius 1 is 1.00 bits per heavy atom. The molecule has 0 bridgehead atoms. The summed E-state index contributed by atoms with van der Waals surface area (Å²) in [7, 11) is -3.63. The van der Waals surface area contributed by atoms with E-state index in [4.69, 9.17) is 41.3 Å². The summed E-state index contributed by atoms with van der Waals surface area (Å²) in [6, 6.07) is 7.51. The molecule has 0 spiro atoms. The van der Waals surface area contributed by atoms with E-state index in [2.05, 4.69) is 0 Å². The van der Waals surface area contributed by atoms with Crippen molar-refractivity contribution in [3.63, 3.8) is 0 Å². The summed E-state index contributed by atoms with van der Waals surface area (Å²) < 4.78 is 42.5. The minimum absolute atomic E-state index is 0.213. The van der Waals surface area contributed by atoms with Crippen LogP contribution in [0.2, 0.25) is 0 Å². The summed E-state index contributed by atoms with van der Waals surface area (Å²) in [5, 5.41) is -0.426. The van der Waals surface area contributed by atoms with Crippen molar-refractivity contribution in [3.8, 4) is 0 Å². The van der Waals surface area contributed by atoms with E-state index in [1.54, 1.807) is 13.8 Å². The van der Waals surface area contributed by atoms with Gasteiger partial charge in [0.1, 0.15) is 0 Å². The topological polar surface area (TPSA) is 63.2 Å². The zero-order valence-corrected chi connectivity index (χ0v) is 21.9. The second-order valence-electron chi connectivity index (χ2n) is 6.07. The summed E-state index contributed by atoms with van der Waals surface area (Å²) in [4.78, 5) is 0. The molecule has 0 aliphatic carbocycles. The number of rotatable bonds is 14. The van der Waals surface area contributed by atoms with Crippen LogP contribution in [0.25, 0.3) is 0 Å². The number of hydrogen-bond donors (Lipinski definition) is 0. The van der Waals surface area contributed by atoms with Crippen molar-refractivity contribution in [2.24, 2.45) is 0 Å². The first-order valence-electron chi connectivity index (χ1n) is 9.18. The van der Waals surface area contributed by atoms with E-state index in [0.29, 0.717) is 5.56 Å². The van der Waals surface area contributed by atoms with E-state index in [-0.39, 0.29) is 37.2 Å². The van der Waals surface area contributed by atoms with Gasteiger partial charge >= 0.3 is 188 Å². The number of benzene rings is 1. The molecule has 0 saturated carbocycles. The molecule has 0 heterocycles. The van der Waals surface area contributed by atoms with E-state index in [1.165, 1.54) is 0 Å². The third-order valence-corrected chi connectivity index (χ3v) is 9.45. The van der Waals surface area contributed by atoms with Crippen LogP contribution in [0.3, 0.4) is 0 Å². The van der Waals surface area contributed by atoms with Crippen molar-refractivity contribution < 1.29 is 22.7 Å². The number of aryl methyl sites for hydroxylation is 1. The number of halogens is 2. The first-order chi connectivity index (χ1) is 13.2. The van der Waals surface area contributed by atoms with Gasteiger partial charge in [0.2, 0.25) is 0 Å². The van der Waals surface area contributed by atoms with E-state index in [9.17, 15) is 4.57 Å². The zero-order chi connectivity index (χ0) is 21.2. The molecule has 3 unspecified atom stereocenters. The summed E-state index contributed by atoms with van der Waals surface area (Å²) >= 11 is 8.77. The third-order valence-electron chi connectivity index (χ3n) is 3.36. The molecule has 162 valence electrons. The Hall–Kier alpha value is 0.648. The average molecular weight is 566 g/mol. The maximum atomic E-state index is 13.6. The normalized spacial score (nSPS) is 15.6. The fourth-order valence-corrected chi connectivity index (χ4v) is 9.48. The van der Waals surface area contributed by atoms with Gasteiger partial charge in [-0.3, -0.25) is 0 Å². The molecule has 3 atom stereocenters. The molecule has 0 aliphatic rings. The van der Waals surface area contributed by atoms with Gasteiger partial charge in [-0.1, -0.05) is 0 Å². The molecule has 0 amide bonds. The maximum absolute atomic E-state index is 13.6. The monoisotopic (exact) mass is 564 g/mol. The van der Waals surface area contributed by atoms with Crippen molar-refractivity contribution in [2.75, 3.05) is 26.4 Å². The van der Waals surface area contributed by atoms with Crippen molar-refractivity contribution in [3.05, 3.63) is 35.4 Å². The van der Waals surface area contributed by atoms with Gasteiger partial charge in [0.05, 0.1) is 0 Å². The molecule has 10 heteroatoms. The van der Waals surface area contributed by atoms with Crippen molar-refractivity contribution in [2.45, 2.75) is 51.2 Å². The van der Waals surface area contributed by atoms with Gasteiger partial charge in [-0.25, -0.2) is 0 Å². The van der Waals surface area contributed by atoms with Crippen molar-refractivity contribution in [1.82, 2.24) is 0 Å². The van der Waals surface area contributed by atoms with Crippen LogP contribution < -0.4 is 0 Å². The van der Waals surface area contributed by atoms with Crippen LogP contribution in [0.1, 0.15) is 44.7 Å². The second kappa shape index (κ2) is 13.9. The first-order valence-corrected chi connectivity index (χ1v) is 14.8. The quantitative estimate of drug-likeness (QED) is 0.167. The van der Waals surface area contributed by atoms with E-state index >= 15 is 0 Å². The molecule has 1 aromatic carbocycles. The molecule has 1 aromatic rings. The third kappa shape index (κ3) is 9.20. The van der Waals surface area contributed by atoms with E-state index in [1.807, 2.05) is 45.0 Å². The number of hydrogen-bond acceptors (Lipinski definition) is 6. The molecule has 0 radical (unpaired) electrons. The first kappa shape index (κ1) is 26.7. The molecule has 0 N–H and O–H groups in total. The van der Waals surface area contributed by atoms with E-state index in [0.717, 1.165) is 5.56 Å². The molecular weight excluding hydrogens is 536 g/mol. The summed E-state index contributed by atoms with van der Waals surface area (Å²) in [5.41, 5.74) is 1.62. The van der Waals surface area contributed by atoms with Crippen LogP contribution in [-0.2, 0) is 22.7 Å². The summed E-state index contributed by atoms with van der Waals surface area (Å²) in [5.74, 6) is -0.951. The Bertz CT molecular complexity index is 597. The second-order valence-corrected chi connectivity index (χ2v) is 13.0. The molecule has 6 nitrogen and oxygen atoms in total. The Labute approximate surface area is 187 Å². The van der Waals surface area contributed by atoms with Crippen LogP contribution in [0.15, 0.2) is 24.3 Å². The van der Waals surface area contributed by atoms with Crippen LogP contribution in [0.4, 0.5) is 0 Å². The summed E-state index contributed by atoms with van der Waals surface area (Å²) in [6.45, 7) is 10.0. The molecule has 0 saturated heterocycles. The SMILES string of the molecule is CCOP(=O)(OCC)C([O][Sb]([O]CC(C)Cl)[O]CC(C)Cl)c1ccccc1C. The van der Waals surface area contributed by atoms with Crippen molar-refractivity contribution in [1.29, 1.82) is 0 Å². The zero-order valence-electron chi connectivity index (χ0n) is 17.0. The standard InChI is InChI=1S/C12H18O4P.2C3H6ClO.Sb/c1-4-15-17(14,16-5-2)12(13)11-9-7-6-8-10(11)3;2*1-3(4)2-5;/h6-9,12H,4-5H2,1-3H3;2*3H,2H2,1H3;/q3*-1;+3. The Morgan fingerprint density at radius 3 is 1.93 bits per heavy atom. The summed E-state index contributed by atoms with van der Waals surface area (Å²) in [6.07, 6.45) is 0. The average Bonchev–Trinajstić information content (AvgIpc) is 2.62. The fraction of sp³-hybridized carbons (Fsp3) is 0.667. The van der Waals surface area contributed by atoms with Crippen molar-refractivity contribution >= 4 is 52.3 Å². The van der Waals surface area contributed by atoms with Gasteiger partial charge in [-0.05, 0) is 0 Å². The van der Waals surface area contributed by atoms with Gasteiger partial charge in [0, 0.05) is 0 Å². The Kier molecular flexibility index (Phi) is 13.2. The molecule has 1 rings (SSSR count). The van der Waals surface area contributed by atoms with Gasteiger partial charge < -0.3 is 0 Å². The van der Waals surface area contributed by atoms with Crippen LogP contribution in [-0.4, -0.2) is 58.7 Å². The molecular formula is C18H30Cl2O6PSb. The van der Waals surface area contributed by atoms with Gasteiger partial charge in [-0.15, -0.1) is 0 Å². The Morgan fingerprint density at radius 2 is 1.50 bits per heavy atom. The molecule has 0 aliphatic heterocycles. The molecule has 0 aromatic heterocycles. The predicted octanol–water partition coefficient (Wildman–Crippen LogP) is 5.55. The Balaban J connectivity index is 3.22. The van der Waals surface area contributed by atoms with Crippen LogP contribution >= 0.6 is 30.8 Å². The van der Waals surface area contributed by atoms with Crippen LogP contribution in [0.5, 0.6) is 0 Å². The molecule has 0 fully saturated rings. The van der Waals surface area contributed by atoms with Gasteiger partial charge in [0.25, 0.3) is 0 Å². The fourth-order valence-electron chi connectivity index (χ4n) is 2.19. The van der Waals surface area contributed by atoms with E-state index < -0.39 is 34.9 Å². The van der Waals surface area contributed by atoms with Crippen LogP contribution in [0, 0.1) is 6.92 Å². The minimum atomic E-state index is -3.63. The number of alkyl halides is 2. The molecule has 28 heavy (non-hydrogen) atoms.